The average molecular weight is 344 g/mol. The topological polar surface area (TPSA) is 29.1 Å². The lowest BCUT2D eigenvalue weighted by Gasteiger charge is -2.25. The van der Waals surface area contributed by atoms with E-state index in [0.717, 1.165) is 30.6 Å². The summed E-state index contributed by atoms with van der Waals surface area (Å²) >= 11 is 13.7. The van der Waals surface area contributed by atoms with Gasteiger partial charge in [0, 0.05) is 21.0 Å². The van der Waals surface area contributed by atoms with Crippen LogP contribution in [0.1, 0.15) is 44.9 Å². The molecule has 1 aromatic rings. The van der Waals surface area contributed by atoms with E-state index in [-0.39, 0.29) is 10.7 Å². The van der Waals surface area contributed by atoms with Crippen molar-refractivity contribution in [2.45, 2.75) is 60.6 Å². The van der Waals surface area contributed by atoms with Gasteiger partial charge in [-0.3, -0.25) is 4.79 Å². The van der Waals surface area contributed by atoms with Gasteiger partial charge in [-0.15, -0.1) is 11.8 Å². The molecule has 2 saturated carbocycles. The highest BCUT2D eigenvalue weighted by molar-refractivity contribution is 8.01. The molecule has 114 valence electrons. The molecule has 1 aromatic carbocycles. The predicted molar refractivity (Wildman–Crippen MR) is 89.3 cm³/mol. The molecule has 0 aromatic heterocycles. The van der Waals surface area contributed by atoms with Crippen LogP contribution in [0.4, 0.5) is 0 Å². The molecule has 2 nitrogen and oxygen atoms in total. The van der Waals surface area contributed by atoms with Gasteiger partial charge in [0.1, 0.15) is 0 Å². The summed E-state index contributed by atoms with van der Waals surface area (Å²) in [5.41, 5.74) is 0. The molecule has 0 heterocycles. The predicted octanol–water partition coefficient (Wildman–Crippen LogP) is 5.07. The first-order chi connectivity index (χ1) is 10.1. The van der Waals surface area contributed by atoms with Crippen molar-refractivity contribution in [1.29, 1.82) is 0 Å². The maximum absolute atomic E-state index is 12.6. The number of hydrogen-bond acceptors (Lipinski definition) is 2. The molecule has 5 heteroatoms. The Labute approximate surface area is 140 Å². The normalized spacial score (nSPS) is 21.0. The molecule has 21 heavy (non-hydrogen) atoms. The summed E-state index contributed by atoms with van der Waals surface area (Å²) in [7, 11) is 0. The largest absolute Gasteiger partial charge is 0.352 e. The molecule has 0 saturated heterocycles. The molecular weight excluding hydrogens is 325 g/mol. The van der Waals surface area contributed by atoms with Crippen molar-refractivity contribution in [3.05, 3.63) is 28.2 Å². The Morgan fingerprint density at radius 3 is 2.29 bits per heavy atom. The maximum atomic E-state index is 12.6. The van der Waals surface area contributed by atoms with Crippen LogP contribution in [-0.2, 0) is 4.79 Å². The van der Waals surface area contributed by atoms with E-state index in [2.05, 4.69) is 5.32 Å². The zero-order valence-electron chi connectivity index (χ0n) is 11.8. The quantitative estimate of drug-likeness (QED) is 0.826. The lowest BCUT2D eigenvalue weighted by atomic mass is 9.95. The Morgan fingerprint density at radius 2 is 1.71 bits per heavy atom. The summed E-state index contributed by atoms with van der Waals surface area (Å²) < 4.78 is -0.300. The van der Waals surface area contributed by atoms with Gasteiger partial charge in [0.05, 0.1) is 4.75 Å². The molecule has 2 aliphatic rings. The first kappa shape index (κ1) is 15.5. The zero-order valence-corrected chi connectivity index (χ0v) is 14.2. The van der Waals surface area contributed by atoms with Crippen molar-refractivity contribution < 1.29 is 4.79 Å². The Morgan fingerprint density at radius 1 is 1.10 bits per heavy atom. The van der Waals surface area contributed by atoms with E-state index >= 15 is 0 Å². The summed E-state index contributed by atoms with van der Waals surface area (Å²) in [5, 5.41) is 4.48. The van der Waals surface area contributed by atoms with Crippen molar-refractivity contribution in [3.63, 3.8) is 0 Å². The molecule has 0 radical (unpaired) electrons. The van der Waals surface area contributed by atoms with E-state index in [4.69, 9.17) is 23.2 Å². The van der Waals surface area contributed by atoms with Gasteiger partial charge in [0.25, 0.3) is 0 Å². The second-order valence-electron chi connectivity index (χ2n) is 6.01. The van der Waals surface area contributed by atoms with Crippen LogP contribution in [0.5, 0.6) is 0 Å². The summed E-state index contributed by atoms with van der Waals surface area (Å²) in [6.07, 6.45) is 7.86. The van der Waals surface area contributed by atoms with Crippen molar-refractivity contribution in [2.75, 3.05) is 0 Å². The van der Waals surface area contributed by atoms with E-state index < -0.39 is 0 Å². The summed E-state index contributed by atoms with van der Waals surface area (Å²) in [6, 6.07) is 5.85. The number of carbonyl (C=O) groups excluding carboxylic acids is 1. The van der Waals surface area contributed by atoms with Gasteiger partial charge in [-0.05, 0) is 43.9 Å². The second-order valence-corrected chi connectivity index (χ2v) is 8.34. The monoisotopic (exact) mass is 343 g/mol. The van der Waals surface area contributed by atoms with Crippen molar-refractivity contribution in [1.82, 2.24) is 5.32 Å². The number of thioether (sulfide) groups is 1. The minimum Gasteiger partial charge on any atom is -0.352 e. The average Bonchev–Trinajstić information content (AvgIpc) is 3.19. The molecule has 0 spiro atoms. The Hall–Kier alpha value is -0.380. The highest BCUT2D eigenvalue weighted by Crippen LogP contribution is 2.52. The fourth-order valence-electron chi connectivity index (χ4n) is 2.87. The third-order valence-corrected chi connectivity index (χ3v) is 6.10. The van der Waals surface area contributed by atoms with Crippen LogP contribution in [0.3, 0.4) is 0 Å². The number of nitrogens with one attached hydrogen (secondary N) is 1. The summed E-state index contributed by atoms with van der Waals surface area (Å²) in [4.78, 5) is 13.5. The molecule has 1 N–H and O–H groups in total. The molecular formula is C16H19Cl2NOS. The number of hydrogen-bond donors (Lipinski definition) is 1. The number of halogens is 2. The van der Waals surface area contributed by atoms with Crippen LogP contribution < -0.4 is 5.32 Å². The van der Waals surface area contributed by atoms with Gasteiger partial charge in [-0.25, -0.2) is 0 Å². The third-order valence-electron chi connectivity index (χ3n) is 4.21. The molecule has 1 amide bonds. The fraction of sp³-hybridized carbons (Fsp3) is 0.562. The molecule has 2 fully saturated rings. The number of carbonyl (C=O) groups is 1. The minimum atomic E-state index is -0.300. The summed E-state index contributed by atoms with van der Waals surface area (Å²) in [5.74, 6) is 0.190. The second kappa shape index (κ2) is 6.39. The van der Waals surface area contributed by atoms with Crippen molar-refractivity contribution in [2.24, 2.45) is 0 Å². The van der Waals surface area contributed by atoms with E-state index in [1.807, 2.05) is 12.1 Å². The van der Waals surface area contributed by atoms with Crippen LogP contribution in [-0.4, -0.2) is 16.7 Å². The first-order valence-electron chi connectivity index (χ1n) is 7.53. The van der Waals surface area contributed by atoms with Crippen LogP contribution in [0.15, 0.2) is 23.1 Å². The molecule has 3 rings (SSSR count). The standard InChI is InChI=1S/C16H19Cl2NOS/c17-11-8-12(18)10-14(9-11)21-16(6-7-16)15(20)19-13-4-2-1-3-5-13/h8-10,13H,1-7H2,(H,19,20). The van der Waals surface area contributed by atoms with Gasteiger partial charge >= 0.3 is 0 Å². The van der Waals surface area contributed by atoms with Crippen LogP contribution >= 0.6 is 35.0 Å². The molecule has 2 aliphatic carbocycles. The fourth-order valence-corrected chi connectivity index (χ4v) is 4.80. The van der Waals surface area contributed by atoms with Crippen molar-refractivity contribution in [3.8, 4) is 0 Å². The number of benzene rings is 1. The lowest BCUT2D eigenvalue weighted by molar-refractivity contribution is -0.122. The van der Waals surface area contributed by atoms with E-state index in [9.17, 15) is 4.79 Å². The van der Waals surface area contributed by atoms with E-state index in [1.54, 1.807) is 17.8 Å². The number of amides is 1. The molecule has 0 bridgehead atoms. The minimum absolute atomic E-state index is 0.190. The van der Waals surface area contributed by atoms with Gasteiger partial charge < -0.3 is 5.32 Å². The molecule has 0 aliphatic heterocycles. The van der Waals surface area contributed by atoms with E-state index in [1.165, 1.54) is 19.3 Å². The highest BCUT2D eigenvalue weighted by Gasteiger charge is 2.51. The van der Waals surface area contributed by atoms with Gasteiger partial charge in [-0.2, -0.15) is 0 Å². The number of rotatable bonds is 4. The maximum Gasteiger partial charge on any atom is 0.236 e. The lowest BCUT2D eigenvalue weighted by Crippen LogP contribution is -2.42. The van der Waals surface area contributed by atoms with Gasteiger partial charge in [0.2, 0.25) is 5.91 Å². The van der Waals surface area contributed by atoms with Crippen molar-refractivity contribution >= 4 is 40.9 Å². The zero-order chi connectivity index (χ0) is 14.9. The summed E-state index contributed by atoms with van der Waals surface area (Å²) in [6.45, 7) is 0. The first-order valence-corrected chi connectivity index (χ1v) is 9.11. The Balaban J connectivity index is 1.64. The van der Waals surface area contributed by atoms with E-state index in [0.29, 0.717) is 16.1 Å². The highest BCUT2D eigenvalue weighted by atomic mass is 35.5. The van der Waals surface area contributed by atoms with Crippen LogP contribution in [0.2, 0.25) is 10.0 Å². The SMILES string of the molecule is O=C(NC1CCCCC1)C1(Sc2cc(Cl)cc(Cl)c2)CC1. The van der Waals surface area contributed by atoms with Crippen LogP contribution in [0, 0.1) is 0 Å². The van der Waals surface area contributed by atoms with Gasteiger partial charge in [-0.1, -0.05) is 42.5 Å². The third kappa shape index (κ3) is 3.88. The Bertz CT molecular complexity index is 519. The molecule has 0 atom stereocenters. The van der Waals surface area contributed by atoms with Crippen LogP contribution in [0.25, 0.3) is 0 Å². The smallest absolute Gasteiger partial charge is 0.236 e. The Kier molecular flexibility index (Phi) is 4.72. The van der Waals surface area contributed by atoms with Gasteiger partial charge in [0.15, 0.2) is 0 Å². The molecule has 0 unspecified atom stereocenters.